The maximum atomic E-state index is 12.2. The highest BCUT2D eigenvalue weighted by Crippen LogP contribution is 2.37. The summed E-state index contributed by atoms with van der Waals surface area (Å²) in [6.45, 7) is 4.88. The molecule has 2 saturated heterocycles. The zero-order valence-corrected chi connectivity index (χ0v) is 16.9. The molecule has 2 aliphatic rings. The Bertz CT molecular complexity index is 1000. The van der Waals surface area contributed by atoms with Gasteiger partial charge in [-0.3, -0.25) is 19.9 Å². The third-order valence-corrected chi connectivity index (χ3v) is 5.64. The fraction of sp³-hybridized carbons (Fsp3) is 0.286. The Kier molecular flexibility index (Phi) is 4.70. The SMILES string of the molecule is CC1(C)CNC(=O)N1c1ccc(-c2cccc(N3CCC(=O)NC3=O)c2Cl)cc1. The van der Waals surface area contributed by atoms with Crippen LogP contribution in [0.4, 0.5) is 21.0 Å². The third-order valence-electron chi connectivity index (χ3n) is 5.24. The smallest absolute Gasteiger partial charge is 0.328 e. The summed E-state index contributed by atoms with van der Waals surface area (Å²) in [6.07, 6.45) is 0.231. The fourth-order valence-corrected chi connectivity index (χ4v) is 4.06. The monoisotopic (exact) mass is 412 g/mol. The van der Waals surface area contributed by atoms with Crippen LogP contribution < -0.4 is 20.4 Å². The minimum absolute atomic E-state index is 0.117. The number of carbonyl (C=O) groups excluding carboxylic acids is 3. The summed E-state index contributed by atoms with van der Waals surface area (Å²) in [5.74, 6) is -0.289. The highest BCUT2D eigenvalue weighted by molar-refractivity contribution is 6.36. The first kappa shape index (κ1) is 19.3. The zero-order chi connectivity index (χ0) is 20.8. The number of hydrogen-bond acceptors (Lipinski definition) is 3. The van der Waals surface area contributed by atoms with Gasteiger partial charge in [0.05, 0.1) is 16.2 Å². The van der Waals surface area contributed by atoms with Crippen molar-refractivity contribution in [1.82, 2.24) is 10.6 Å². The second-order valence-corrected chi connectivity index (χ2v) is 8.13. The number of amides is 5. The van der Waals surface area contributed by atoms with E-state index in [9.17, 15) is 14.4 Å². The van der Waals surface area contributed by atoms with Gasteiger partial charge >= 0.3 is 12.1 Å². The Balaban J connectivity index is 1.65. The second-order valence-electron chi connectivity index (χ2n) is 7.75. The molecule has 0 aromatic heterocycles. The molecule has 2 N–H and O–H groups in total. The number of halogens is 1. The molecule has 2 aliphatic heterocycles. The van der Waals surface area contributed by atoms with Gasteiger partial charge in [0.1, 0.15) is 0 Å². The van der Waals surface area contributed by atoms with Crippen LogP contribution in [0.3, 0.4) is 0 Å². The first-order valence-corrected chi connectivity index (χ1v) is 9.74. The van der Waals surface area contributed by atoms with Gasteiger partial charge in [0, 0.05) is 30.8 Å². The van der Waals surface area contributed by atoms with Crippen molar-refractivity contribution in [3.63, 3.8) is 0 Å². The second kappa shape index (κ2) is 7.08. The third kappa shape index (κ3) is 3.42. The molecule has 2 aromatic carbocycles. The molecule has 0 saturated carbocycles. The molecule has 4 rings (SSSR count). The summed E-state index contributed by atoms with van der Waals surface area (Å²) >= 11 is 6.63. The van der Waals surface area contributed by atoms with Crippen molar-refractivity contribution in [2.75, 3.05) is 22.9 Å². The van der Waals surface area contributed by atoms with Crippen LogP contribution in [-0.2, 0) is 4.79 Å². The number of nitrogens with zero attached hydrogens (tertiary/aromatic N) is 2. The van der Waals surface area contributed by atoms with Crippen LogP contribution in [0.15, 0.2) is 42.5 Å². The van der Waals surface area contributed by atoms with Gasteiger partial charge in [-0.2, -0.15) is 0 Å². The van der Waals surface area contributed by atoms with E-state index in [1.165, 1.54) is 4.90 Å². The zero-order valence-electron chi connectivity index (χ0n) is 16.2. The fourth-order valence-electron chi connectivity index (χ4n) is 3.73. The van der Waals surface area contributed by atoms with Crippen LogP contribution in [0, 0.1) is 0 Å². The number of nitrogens with one attached hydrogen (secondary N) is 2. The molecule has 0 aliphatic carbocycles. The maximum absolute atomic E-state index is 12.2. The molecular weight excluding hydrogens is 392 g/mol. The molecule has 2 fully saturated rings. The molecule has 0 bridgehead atoms. The Labute approximate surface area is 173 Å². The van der Waals surface area contributed by atoms with E-state index in [4.69, 9.17) is 11.6 Å². The summed E-state index contributed by atoms with van der Waals surface area (Å²) in [5, 5.41) is 5.61. The predicted octanol–water partition coefficient (Wildman–Crippen LogP) is 3.76. The lowest BCUT2D eigenvalue weighted by molar-refractivity contribution is -0.120. The Morgan fingerprint density at radius 3 is 2.34 bits per heavy atom. The number of hydrogen-bond donors (Lipinski definition) is 2. The Morgan fingerprint density at radius 2 is 1.72 bits per heavy atom. The topological polar surface area (TPSA) is 81.8 Å². The van der Waals surface area contributed by atoms with Gasteiger partial charge in [-0.15, -0.1) is 0 Å². The van der Waals surface area contributed by atoms with Crippen LogP contribution in [0.1, 0.15) is 20.3 Å². The molecule has 0 atom stereocenters. The van der Waals surface area contributed by atoms with Gasteiger partial charge in [-0.25, -0.2) is 9.59 Å². The van der Waals surface area contributed by atoms with E-state index in [-0.39, 0.29) is 30.4 Å². The predicted molar refractivity (Wildman–Crippen MR) is 112 cm³/mol. The molecule has 29 heavy (non-hydrogen) atoms. The molecule has 0 radical (unpaired) electrons. The van der Waals surface area contributed by atoms with E-state index in [0.717, 1.165) is 16.8 Å². The number of imide groups is 1. The molecule has 0 unspecified atom stereocenters. The van der Waals surface area contributed by atoms with E-state index in [1.807, 2.05) is 50.2 Å². The van der Waals surface area contributed by atoms with E-state index in [1.54, 1.807) is 11.0 Å². The number of benzene rings is 2. The number of rotatable bonds is 3. The van der Waals surface area contributed by atoms with Gasteiger partial charge in [-0.1, -0.05) is 35.9 Å². The van der Waals surface area contributed by atoms with E-state index >= 15 is 0 Å². The maximum Gasteiger partial charge on any atom is 0.328 e. The van der Waals surface area contributed by atoms with Crippen molar-refractivity contribution in [2.24, 2.45) is 0 Å². The van der Waals surface area contributed by atoms with Crippen LogP contribution in [-0.4, -0.2) is 36.6 Å². The highest BCUT2D eigenvalue weighted by Gasteiger charge is 2.38. The summed E-state index contributed by atoms with van der Waals surface area (Å²) in [5.41, 5.74) is 2.68. The Morgan fingerprint density at radius 1 is 1.00 bits per heavy atom. The van der Waals surface area contributed by atoms with Crippen molar-refractivity contribution in [3.8, 4) is 11.1 Å². The van der Waals surface area contributed by atoms with Gasteiger partial charge in [0.15, 0.2) is 0 Å². The van der Waals surface area contributed by atoms with Crippen LogP contribution in [0.5, 0.6) is 0 Å². The Hall–Kier alpha value is -3.06. The number of carbonyl (C=O) groups is 3. The van der Waals surface area contributed by atoms with Crippen LogP contribution in [0.2, 0.25) is 5.02 Å². The van der Waals surface area contributed by atoms with Crippen molar-refractivity contribution >= 4 is 40.9 Å². The summed E-state index contributed by atoms with van der Waals surface area (Å²) in [4.78, 5) is 39.0. The highest BCUT2D eigenvalue weighted by atomic mass is 35.5. The first-order chi connectivity index (χ1) is 13.8. The molecule has 5 amide bonds. The quantitative estimate of drug-likeness (QED) is 0.805. The lowest BCUT2D eigenvalue weighted by atomic mass is 10.0. The van der Waals surface area contributed by atoms with Gasteiger partial charge in [-0.05, 0) is 37.6 Å². The van der Waals surface area contributed by atoms with E-state index in [2.05, 4.69) is 10.6 Å². The lowest BCUT2D eigenvalue weighted by Gasteiger charge is -2.30. The van der Waals surface area contributed by atoms with Crippen LogP contribution >= 0.6 is 11.6 Å². The van der Waals surface area contributed by atoms with Gasteiger partial charge < -0.3 is 5.32 Å². The largest absolute Gasteiger partial charge is 0.335 e. The molecule has 2 heterocycles. The normalized spacial score (nSPS) is 18.7. The van der Waals surface area contributed by atoms with Crippen molar-refractivity contribution in [3.05, 3.63) is 47.5 Å². The molecule has 8 heteroatoms. The molecular formula is C21H21ClN4O3. The lowest BCUT2D eigenvalue weighted by Crippen LogP contribution is -2.49. The summed E-state index contributed by atoms with van der Waals surface area (Å²) in [6, 6.07) is 12.4. The average molecular weight is 413 g/mol. The average Bonchev–Trinajstić information content (AvgIpc) is 2.95. The minimum atomic E-state index is -0.474. The molecule has 2 aromatic rings. The van der Waals surface area contributed by atoms with Gasteiger partial charge in [0.25, 0.3) is 0 Å². The van der Waals surface area contributed by atoms with E-state index in [0.29, 0.717) is 17.3 Å². The standard InChI is InChI=1S/C21H21ClN4O3/c1-21(2)12-23-19(28)26(21)14-8-6-13(7-9-14)15-4-3-5-16(18(15)22)25-11-10-17(27)24-20(25)29/h3-9H,10-12H2,1-2H3,(H,23,28)(H,24,27,29). The van der Waals surface area contributed by atoms with Crippen molar-refractivity contribution < 1.29 is 14.4 Å². The summed E-state index contributed by atoms with van der Waals surface area (Å²) < 4.78 is 0. The van der Waals surface area contributed by atoms with E-state index < -0.39 is 6.03 Å². The number of anilines is 2. The van der Waals surface area contributed by atoms with Crippen molar-refractivity contribution in [1.29, 1.82) is 0 Å². The van der Waals surface area contributed by atoms with Crippen molar-refractivity contribution in [2.45, 2.75) is 25.8 Å². The molecule has 7 nitrogen and oxygen atoms in total. The van der Waals surface area contributed by atoms with Gasteiger partial charge in [0.2, 0.25) is 5.91 Å². The summed E-state index contributed by atoms with van der Waals surface area (Å²) in [7, 11) is 0. The first-order valence-electron chi connectivity index (χ1n) is 9.36. The number of urea groups is 2. The molecule has 150 valence electrons. The van der Waals surface area contributed by atoms with Crippen LogP contribution in [0.25, 0.3) is 11.1 Å². The molecule has 0 spiro atoms. The minimum Gasteiger partial charge on any atom is -0.335 e.